The maximum absolute atomic E-state index is 4.01. The lowest BCUT2D eigenvalue weighted by Gasteiger charge is -2.29. The van der Waals surface area contributed by atoms with E-state index >= 15 is 0 Å². The van der Waals surface area contributed by atoms with Crippen LogP contribution in [0.2, 0.25) is 0 Å². The van der Waals surface area contributed by atoms with Crippen molar-refractivity contribution in [1.29, 1.82) is 0 Å². The molecule has 0 amide bonds. The van der Waals surface area contributed by atoms with E-state index in [2.05, 4.69) is 122 Å². The quantitative estimate of drug-likeness (QED) is 0.325. The fraction of sp³-hybridized carbons (Fsp3) is 0.0370. The molecule has 4 aromatic rings. The Balaban J connectivity index is 2.16. The molecule has 0 heterocycles. The van der Waals surface area contributed by atoms with Gasteiger partial charge in [0.05, 0.1) is 0 Å². The minimum Gasteiger partial charge on any atom is -0.103 e. The van der Waals surface area contributed by atoms with Crippen LogP contribution in [0.1, 0.15) is 5.56 Å². The monoisotopic (exact) mass is 379 g/mol. The number of benzene rings is 4. The zero-order chi connectivity index (χ0) is 19.2. The Bertz CT molecular complexity index is 940. The second-order valence-corrected chi connectivity index (χ2v) is 10.2. The highest BCUT2D eigenvalue weighted by Crippen LogP contribution is 2.54. The summed E-state index contributed by atoms with van der Waals surface area (Å²) < 4.78 is 0. The van der Waals surface area contributed by atoms with Crippen LogP contribution in [-0.4, -0.2) is 0 Å². The van der Waals surface area contributed by atoms with E-state index in [-0.39, 0.29) is 0 Å². The van der Waals surface area contributed by atoms with Crippen LogP contribution in [0.5, 0.6) is 0 Å². The SMILES string of the molecule is C=CCc1ccccc1[P+](c1ccccc1)(c1ccccc1)c1ccccc1. The highest BCUT2D eigenvalue weighted by Gasteiger charge is 2.48. The molecule has 0 saturated carbocycles. The maximum Gasteiger partial charge on any atom is 0.144 e. The van der Waals surface area contributed by atoms with Crippen molar-refractivity contribution in [1.82, 2.24) is 0 Å². The predicted molar refractivity (Wildman–Crippen MR) is 125 cm³/mol. The molecule has 0 nitrogen and oxygen atoms in total. The van der Waals surface area contributed by atoms with Gasteiger partial charge in [0.2, 0.25) is 0 Å². The summed E-state index contributed by atoms with van der Waals surface area (Å²) in [7, 11) is -2.02. The summed E-state index contributed by atoms with van der Waals surface area (Å²) in [5.74, 6) is 0. The average Bonchev–Trinajstić information content (AvgIpc) is 2.78. The van der Waals surface area contributed by atoms with Crippen molar-refractivity contribution in [2.24, 2.45) is 0 Å². The first-order valence-corrected chi connectivity index (χ1v) is 11.4. The van der Waals surface area contributed by atoms with Gasteiger partial charge in [-0.3, -0.25) is 0 Å². The summed E-state index contributed by atoms with van der Waals surface area (Å²) in [6, 6.07) is 41.9. The van der Waals surface area contributed by atoms with Crippen LogP contribution >= 0.6 is 7.26 Å². The van der Waals surface area contributed by atoms with Crippen molar-refractivity contribution in [2.45, 2.75) is 6.42 Å². The van der Waals surface area contributed by atoms with E-state index in [0.717, 1.165) is 6.42 Å². The Morgan fingerprint density at radius 3 is 1.36 bits per heavy atom. The second-order valence-electron chi connectivity index (χ2n) is 6.80. The summed E-state index contributed by atoms with van der Waals surface area (Å²) >= 11 is 0. The summed E-state index contributed by atoms with van der Waals surface area (Å²) in [4.78, 5) is 0. The van der Waals surface area contributed by atoms with Crippen LogP contribution in [0.25, 0.3) is 0 Å². The molecule has 0 N–H and O–H groups in total. The Labute approximate surface area is 168 Å². The highest BCUT2D eigenvalue weighted by atomic mass is 31.2. The van der Waals surface area contributed by atoms with Gasteiger partial charge in [0.25, 0.3) is 0 Å². The summed E-state index contributed by atoms with van der Waals surface area (Å²) in [6.45, 7) is 4.01. The topological polar surface area (TPSA) is 0 Å². The molecule has 0 radical (unpaired) electrons. The van der Waals surface area contributed by atoms with Gasteiger partial charge in [-0.25, -0.2) is 0 Å². The molecule has 0 atom stereocenters. The fourth-order valence-electron chi connectivity index (χ4n) is 3.99. The molecule has 4 rings (SSSR count). The van der Waals surface area contributed by atoms with Crippen molar-refractivity contribution >= 4 is 28.5 Å². The van der Waals surface area contributed by atoms with Gasteiger partial charge in [-0.15, -0.1) is 6.58 Å². The molecular formula is C27H24P+. The third-order valence-corrected chi connectivity index (χ3v) is 9.52. The molecule has 136 valence electrons. The summed E-state index contributed by atoms with van der Waals surface area (Å²) in [5, 5.41) is 5.55. The lowest BCUT2D eigenvalue weighted by Crippen LogP contribution is -2.39. The van der Waals surface area contributed by atoms with E-state index in [1.807, 2.05) is 6.08 Å². The van der Waals surface area contributed by atoms with Gasteiger partial charge in [-0.05, 0) is 54.4 Å². The number of hydrogen-bond acceptors (Lipinski definition) is 0. The van der Waals surface area contributed by atoms with Crippen molar-refractivity contribution in [3.63, 3.8) is 0 Å². The standard InChI is InChI=1S/C27H24P/c1-2-14-23-15-12-13-22-27(23)28(24-16-6-3-7-17-24,25-18-8-4-9-19-25)26-20-10-5-11-21-26/h2-13,15-22H,1,14H2/q+1. The molecule has 0 saturated heterocycles. The van der Waals surface area contributed by atoms with Crippen LogP contribution in [0.15, 0.2) is 128 Å². The van der Waals surface area contributed by atoms with Crippen LogP contribution in [0.4, 0.5) is 0 Å². The van der Waals surface area contributed by atoms with Crippen molar-refractivity contribution in [2.75, 3.05) is 0 Å². The fourth-order valence-corrected chi connectivity index (χ4v) is 8.48. The van der Waals surface area contributed by atoms with E-state index in [1.165, 1.54) is 26.8 Å². The predicted octanol–water partition coefficient (Wildman–Crippen LogP) is 5.03. The molecule has 0 bridgehead atoms. The third kappa shape index (κ3) is 3.21. The van der Waals surface area contributed by atoms with Crippen LogP contribution < -0.4 is 21.2 Å². The Hall–Kier alpha value is -2.95. The van der Waals surface area contributed by atoms with E-state index in [0.29, 0.717) is 0 Å². The molecule has 0 fully saturated rings. The first-order valence-electron chi connectivity index (χ1n) is 9.62. The molecule has 0 aliphatic heterocycles. The van der Waals surface area contributed by atoms with Crippen molar-refractivity contribution in [3.05, 3.63) is 133 Å². The minimum atomic E-state index is -2.02. The van der Waals surface area contributed by atoms with Gasteiger partial charge in [0.15, 0.2) is 0 Å². The molecule has 0 unspecified atom stereocenters. The smallest absolute Gasteiger partial charge is 0.103 e. The summed E-state index contributed by atoms with van der Waals surface area (Å²) in [5.41, 5.74) is 1.35. The second kappa shape index (κ2) is 8.38. The molecule has 0 spiro atoms. The van der Waals surface area contributed by atoms with Gasteiger partial charge in [0, 0.05) is 0 Å². The van der Waals surface area contributed by atoms with Gasteiger partial charge < -0.3 is 0 Å². The zero-order valence-electron chi connectivity index (χ0n) is 15.9. The first-order chi connectivity index (χ1) is 13.9. The number of rotatable bonds is 6. The molecular weight excluding hydrogens is 355 g/mol. The molecule has 0 aliphatic carbocycles. The maximum atomic E-state index is 4.01. The van der Waals surface area contributed by atoms with E-state index < -0.39 is 7.26 Å². The lowest BCUT2D eigenvalue weighted by molar-refractivity contribution is 1.30. The first kappa shape index (κ1) is 18.4. The lowest BCUT2D eigenvalue weighted by atomic mass is 10.1. The zero-order valence-corrected chi connectivity index (χ0v) is 16.8. The van der Waals surface area contributed by atoms with Gasteiger partial charge >= 0.3 is 0 Å². The largest absolute Gasteiger partial charge is 0.144 e. The van der Waals surface area contributed by atoms with Crippen molar-refractivity contribution in [3.8, 4) is 0 Å². The van der Waals surface area contributed by atoms with E-state index in [9.17, 15) is 0 Å². The Kier molecular flexibility index (Phi) is 5.51. The summed E-state index contributed by atoms with van der Waals surface area (Å²) in [6.07, 6.45) is 2.87. The van der Waals surface area contributed by atoms with E-state index in [4.69, 9.17) is 0 Å². The van der Waals surface area contributed by atoms with Gasteiger partial charge in [0.1, 0.15) is 28.5 Å². The highest BCUT2D eigenvalue weighted by molar-refractivity contribution is 8.01. The van der Waals surface area contributed by atoms with Crippen LogP contribution in [0, 0.1) is 0 Å². The van der Waals surface area contributed by atoms with Gasteiger partial charge in [-0.1, -0.05) is 78.9 Å². The number of hydrogen-bond donors (Lipinski definition) is 0. The van der Waals surface area contributed by atoms with Crippen LogP contribution in [-0.2, 0) is 6.42 Å². The molecule has 0 aromatic heterocycles. The minimum absolute atomic E-state index is 0.866. The Morgan fingerprint density at radius 1 is 0.536 bits per heavy atom. The third-order valence-electron chi connectivity index (χ3n) is 5.15. The molecule has 4 aromatic carbocycles. The molecule has 28 heavy (non-hydrogen) atoms. The van der Waals surface area contributed by atoms with Gasteiger partial charge in [-0.2, -0.15) is 0 Å². The number of allylic oxidation sites excluding steroid dienone is 1. The van der Waals surface area contributed by atoms with Crippen LogP contribution in [0.3, 0.4) is 0 Å². The van der Waals surface area contributed by atoms with Crippen molar-refractivity contribution < 1.29 is 0 Å². The Morgan fingerprint density at radius 2 is 0.929 bits per heavy atom. The molecule has 1 heteroatoms. The normalized spacial score (nSPS) is 11.1. The average molecular weight is 379 g/mol. The van der Waals surface area contributed by atoms with E-state index in [1.54, 1.807) is 0 Å². The molecule has 0 aliphatic rings.